The molecule has 3 aromatic rings. The smallest absolute Gasteiger partial charge is 0.223 e. The minimum absolute atomic E-state index is 0.0356. The zero-order valence-corrected chi connectivity index (χ0v) is 17.3. The number of hydrogen-bond acceptors (Lipinski definition) is 3. The first kappa shape index (κ1) is 18.2. The number of aromatic nitrogens is 2. The number of rotatable bonds is 3. The van der Waals surface area contributed by atoms with Crippen LogP contribution in [0.25, 0.3) is 10.9 Å². The highest BCUT2D eigenvalue weighted by atomic mass is 32.1. The van der Waals surface area contributed by atoms with Gasteiger partial charge in [0.05, 0.1) is 17.2 Å². The van der Waals surface area contributed by atoms with E-state index in [1.54, 1.807) is 11.3 Å². The molecule has 4 nitrogen and oxygen atoms in total. The molecule has 1 amide bonds. The molecule has 1 aliphatic rings. The van der Waals surface area contributed by atoms with Gasteiger partial charge in [-0.3, -0.25) is 4.79 Å². The second-order valence-corrected chi connectivity index (χ2v) is 9.47. The van der Waals surface area contributed by atoms with Crippen LogP contribution in [0.5, 0.6) is 0 Å². The van der Waals surface area contributed by atoms with Gasteiger partial charge < -0.3 is 9.88 Å². The maximum atomic E-state index is 13.2. The van der Waals surface area contributed by atoms with Crippen LogP contribution in [0.3, 0.4) is 0 Å². The second-order valence-electron chi connectivity index (χ2n) is 8.53. The molecule has 3 heterocycles. The van der Waals surface area contributed by atoms with E-state index >= 15 is 0 Å². The molecule has 2 aromatic heterocycles. The quantitative estimate of drug-likeness (QED) is 0.691. The summed E-state index contributed by atoms with van der Waals surface area (Å²) in [4.78, 5) is 24.4. The Balaban J connectivity index is 1.65. The maximum Gasteiger partial charge on any atom is 0.223 e. The van der Waals surface area contributed by atoms with Crippen LogP contribution in [-0.2, 0) is 17.6 Å². The van der Waals surface area contributed by atoms with Gasteiger partial charge in [0.1, 0.15) is 0 Å². The Hall–Kier alpha value is -2.14. The van der Waals surface area contributed by atoms with E-state index in [0.717, 1.165) is 25.1 Å². The zero-order chi connectivity index (χ0) is 19.2. The van der Waals surface area contributed by atoms with Gasteiger partial charge in [-0.1, -0.05) is 39.0 Å². The number of aryl methyl sites for hydroxylation is 2. The van der Waals surface area contributed by atoms with Crippen molar-refractivity contribution in [1.82, 2.24) is 14.9 Å². The van der Waals surface area contributed by atoms with Crippen molar-refractivity contribution in [2.75, 3.05) is 6.54 Å². The third-order valence-corrected chi connectivity index (χ3v) is 6.58. The van der Waals surface area contributed by atoms with Crippen LogP contribution < -0.4 is 0 Å². The van der Waals surface area contributed by atoms with Crippen LogP contribution in [0, 0.1) is 12.3 Å². The monoisotopic (exact) mass is 381 g/mol. The van der Waals surface area contributed by atoms with Crippen LogP contribution >= 0.6 is 11.3 Å². The second kappa shape index (κ2) is 6.79. The summed E-state index contributed by atoms with van der Waals surface area (Å²) >= 11 is 1.65. The van der Waals surface area contributed by atoms with Crippen LogP contribution in [0.4, 0.5) is 0 Å². The number of nitrogens with zero attached hydrogens (tertiary/aromatic N) is 2. The lowest BCUT2D eigenvalue weighted by Crippen LogP contribution is -2.45. The first-order valence-corrected chi connectivity index (χ1v) is 10.5. The van der Waals surface area contributed by atoms with Crippen LogP contribution in [0.1, 0.15) is 55.1 Å². The van der Waals surface area contributed by atoms with Gasteiger partial charge in [-0.05, 0) is 36.8 Å². The predicted molar refractivity (Wildman–Crippen MR) is 111 cm³/mol. The molecule has 5 heteroatoms. The van der Waals surface area contributed by atoms with Gasteiger partial charge in [-0.2, -0.15) is 0 Å². The largest absolute Gasteiger partial charge is 0.356 e. The lowest BCUT2D eigenvalue weighted by atomic mass is 9.79. The number of benzene rings is 1. The van der Waals surface area contributed by atoms with Gasteiger partial charge in [0.2, 0.25) is 5.91 Å². The van der Waals surface area contributed by atoms with Crippen LogP contribution in [0.2, 0.25) is 0 Å². The van der Waals surface area contributed by atoms with Crippen molar-refractivity contribution < 1.29 is 4.79 Å². The van der Waals surface area contributed by atoms with E-state index in [1.807, 2.05) is 12.4 Å². The summed E-state index contributed by atoms with van der Waals surface area (Å²) < 4.78 is 0. The molecular weight excluding hydrogens is 354 g/mol. The molecule has 0 bridgehead atoms. The minimum Gasteiger partial charge on any atom is -0.356 e. The van der Waals surface area contributed by atoms with E-state index in [-0.39, 0.29) is 17.4 Å². The molecular formula is C22H27N3OS. The summed E-state index contributed by atoms with van der Waals surface area (Å²) in [5.74, 6) is 0.243. The fraction of sp³-hybridized carbons (Fsp3) is 0.455. The van der Waals surface area contributed by atoms with Crippen molar-refractivity contribution >= 4 is 28.1 Å². The lowest BCUT2D eigenvalue weighted by Gasteiger charge is -2.43. The molecule has 0 saturated heterocycles. The number of para-hydroxylation sites is 1. The SMILES string of the molecule is Cc1ncsc1CCC(=O)N1CCc2c([nH]c3ccccc23)[C@H]1C(C)(C)C. The Bertz CT molecular complexity index is 979. The summed E-state index contributed by atoms with van der Waals surface area (Å²) in [6.07, 6.45) is 2.24. The van der Waals surface area contributed by atoms with Gasteiger partial charge in [0.25, 0.3) is 0 Å². The van der Waals surface area contributed by atoms with Gasteiger partial charge >= 0.3 is 0 Å². The number of carbonyl (C=O) groups is 1. The highest BCUT2D eigenvalue weighted by Crippen LogP contribution is 2.44. The number of H-pyrrole nitrogens is 1. The average molecular weight is 382 g/mol. The number of nitrogens with one attached hydrogen (secondary N) is 1. The van der Waals surface area contributed by atoms with Crippen molar-refractivity contribution in [3.8, 4) is 0 Å². The predicted octanol–water partition coefficient (Wildman–Crippen LogP) is 5.04. The molecule has 1 atom stereocenters. The molecule has 0 unspecified atom stereocenters. The highest BCUT2D eigenvalue weighted by Gasteiger charge is 2.40. The molecule has 1 aliphatic heterocycles. The zero-order valence-electron chi connectivity index (χ0n) is 16.5. The Labute approximate surface area is 164 Å². The third-order valence-electron chi connectivity index (χ3n) is 5.59. The summed E-state index contributed by atoms with van der Waals surface area (Å²) in [6, 6.07) is 8.55. The average Bonchev–Trinajstić information content (AvgIpc) is 3.20. The van der Waals surface area contributed by atoms with Gasteiger partial charge in [0.15, 0.2) is 0 Å². The highest BCUT2D eigenvalue weighted by molar-refractivity contribution is 7.09. The van der Waals surface area contributed by atoms with E-state index in [4.69, 9.17) is 0 Å². The van der Waals surface area contributed by atoms with Crippen molar-refractivity contribution in [1.29, 1.82) is 0 Å². The van der Waals surface area contributed by atoms with Crippen LogP contribution in [0.15, 0.2) is 29.8 Å². The molecule has 142 valence electrons. The Morgan fingerprint density at radius 1 is 1.33 bits per heavy atom. The Kier molecular flexibility index (Phi) is 4.58. The summed E-state index contributed by atoms with van der Waals surface area (Å²) in [5.41, 5.74) is 6.66. The first-order valence-electron chi connectivity index (χ1n) is 9.64. The van der Waals surface area contributed by atoms with Gasteiger partial charge in [0, 0.05) is 34.4 Å². The third kappa shape index (κ3) is 3.29. The molecule has 0 fully saturated rings. The van der Waals surface area contributed by atoms with E-state index in [2.05, 4.69) is 59.9 Å². The number of thiazole rings is 1. The molecule has 4 rings (SSSR count). The fourth-order valence-corrected chi connectivity index (χ4v) is 5.12. The lowest BCUT2D eigenvalue weighted by molar-refractivity contribution is -0.136. The molecule has 0 saturated carbocycles. The summed E-state index contributed by atoms with van der Waals surface area (Å²) in [5, 5.41) is 1.30. The standard InChI is InChI=1S/C22H27N3OS/c1-14-18(27-13-23-14)9-10-19(26)25-12-11-16-15-7-5-6-8-17(15)24-20(16)21(25)22(2,3)4/h5-8,13,21,24H,9-12H2,1-4H3/t21-/m0/s1. The number of amides is 1. The van der Waals surface area contributed by atoms with Gasteiger partial charge in [-0.25, -0.2) is 4.98 Å². The molecule has 27 heavy (non-hydrogen) atoms. The van der Waals surface area contributed by atoms with Gasteiger partial charge in [-0.15, -0.1) is 11.3 Å². The normalized spacial score (nSPS) is 17.3. The Morgan fingerprint density at radius 2 is 2.11 bits per heavy atom. The fourth-order valence-electron chi connectivity index (χ4n) is 4.34. The molecule has 1 N–H and O–H groups in total. The van der Waals surface area contributed by atoms with E-state index in [1.165, 1.54) is 27.0 Å². The van der Waals surface area contributed by atoms with Crippen molar-refractivity contribution in [2.45, 2.75) is 53.0 Å². The number of carbonyl (C=O) groups excluding carboxylic acids is 1. The molecule has 0 aliphatic carbocycles. The van der Waals surface area contributed by atoms with Crippen molar-refractivity contribution in [2.24, 2.45) is 5.41 Å². The van der Waals surface area contributed by atoms with E-state index < -0.39 is 0 Å². The Morgan fingerprint density at radius 3 is 2.81 bits per heavy atom. The topological polar surface area (TPSA) is 49.0 Å². The van der Waals surface area contributed by atoms with Crippen molar-refractivity contribution in [3.63, 3.8) is 0 Å². The van der Waals surface area contributed by atoms with Crippen molar-refractivity contribution in [3.05, 3.63) is 51.6 Å². The summed E-state index contributed by atoms with van der Waals surface area (Å²) in [7, 11) is 0. The summed E-state index contributed by atoms with van der Waals surface area (Å²) in [6.45, 7) is 9.49. The van der Waals surface area contributed by atoms with Crippen LogP contribution in [-0.4, -0.2) is 27.3 Å². The molecule has 1 aromatic carbocycles. The molecule has 0 radical (unpaired) electrons. The molecule has 0 spiro atoms. The van der Waals surface area contributed by atoms with E-state index in [9.17, 15) is 4.79 Å². The first-order chi connectivity index (χ1) is 12.9. The number of fused-ring (bicyclic) bond motifs is 3. The number of aromatic amines is 1. The maximum absolute atomic E-state index is 13.2. The number of hydrogen-bond donors (Lipinski definition) is 1. The minimum atomic E-state index is -0.0356. The van der Waals surface area contributed by atoms with E-state index in [0.29, 0.717) is 6.42 Å².